The third-order valence-electron chi connectivity index (χ3n) is 1.65. The Balaban J connectivity index is 2.90. The molecule has 0 N–H and O–H groups in total. The van der Waals surface area contributed by atoms with E-state index in [0.717, 1.165) is 19.6 Å². The van der Waals surface area contributed by atoms with Crippen LogP contribution in [0, 0.1) is 0 Å². The van der Waals surface area contributed by atoms with Gasteiger partial charge in [-0.1, -0.05) is 18.6 Å². The number of rotatable bonds is 8. The molecule has 0 rings (SSSR count). The summed E-state index contributed by atoms with van der Waals surface area (Å²) < 4.78 is 9.83. The molecule has 0 unspecified atom stereocenters. The van der Waals surface area contributed by atoms with Gasteiger partial charge < -0.3 is 9.47 Å². The molecule has 0 saturated heterocycles. The molecule has 0 aliphatic rings. The van der Waals surface area contributed by atoms with Crippen LogP contribution in [0.25, 0.3) is 0 Å². The molecule has 2 heteroatoms. The topological polar surface area (TPSA) is 18.5 Å². The van der Waals surface area contributed by atoms with Gasteiger partial charge in [0.25, 0.3) is 0 Å². The summed E-state index contributed by atoms with van der Waals surface area (Å²) in [7, 11) is 3.46. The van der Waals surface area contributed by atoms with Gasteiger partial charge in [0.2, 0.25) is 0 Å². The molecular weight excluding hydrogens is 152 g/mol. The summed E-state index contributed by atoms with van der Waals surface area (Å²) in [6, 6.07) is 0. The molecule has 0 amide bonds. The van der Waals surface area contributed by atoms with E-state index in [4.69, 9.17) is 9.47 Å². The highest BCUT2D eigenvalue weighted by atomic mass is 16.5. The number of hydrogen-bond acceptors (Lipinski definition) is 2. The van der Waals surface area contributed by atoms with Crippen molar-refractivity contribution in [2.75, 3.05) is 27.4 Å². The Morgan fingerprint density at radius 2 is 1.75 bits per heavy atom. The molecule has 0 aliphatic carbocycles. The van der Waals surface area contributed by atoms with Crippen molar-refractivity contribution >= 4 is 0 Å². The third kappa shape index (κ3) is 9.66. The van der Waals surface area contributed by atoms with Crippen molar-refractivity contribution in [1.82, 2.24) is 0 Å². The summed E-state index contributed by atoms with van der Waals surface area (Å²) in [5.74, 6) is 0. The summed E-state index contributed by atoms with van der Waals surface area (Å²) >= 11 is 0. The predicted octanol–water partition coefficient (Wildman–Crippen LogP) is 2.40. The standard InChI is InChI=1S/C10H20O2/c1-11-9-7-5-3-4-6-8-10-12-2/h5,7H,3-4,6,8-10H2,1-2H3/b7-5+. The maximum absolute atomic E-state index is 4.95. The van der Waals surface area contributed by atoms with Crippen molar-refractivity contribution in [3.8, 4) is 0 Å². The van der Waals surface area contributed by atoms with Gasteiger partial charge in [0.1, 0.15) is 0 Å². The van der Waals surface area contributed by atoms with Gasteiger partial charge in [0, 0.05) is 20.8 Å². The highest BCUT2D eigenvalue weighted by molar-refractivity contribution is 4.80. The van der Waals surface area contributed by atoms with E-state index in [0.29, 0.717) is 0 Å². The van der Waals surface area contributed by atoms with E-state index >= 15 is 0 Å². The number of hydrogen-bond donors (Lipinski definition) is 0. The average molecular weight is 172 g/mol. The highest BCUT2D eigenvalue weighted by Gasteiger charge is 1.85. The second kappa shape index (κ2) is 10.7. The van der Waals surface area contributed by atoms with Crippen molar-refractivity contribution < 1.29 is 9.47 Å². The molecule has 0 fully saturated rings. The second-order valence-corrected chi connectivity index (χ2v) is 2.77. The fraction of sp³-hybridized carbons (Fsp3) is 0.800. The third-order valence-corrected chi connectivity index (χ3v) is 1.65. The molecule has 0 aromatic carbocycles. The summed E-state index contributed by atoms with van der Waals surface area (Å²) in [6.07, 6.45) is 9.09. The number of ether oxygens (including phenoxy) is 2. The van der Waals surface area contributed by atoms with Crippen LogP contribution in [0.2, 0.25) is 0 Å². The van der Waals surface area contributed by atoms with E-state index in [-0.39, 0.29) is 0 Å². The zero-order valence-corrected chi connectivity index (χ0v) is 8.21. The van der Waals surface area contributed by atoms with Crippen LogP contribution in [0.3, 0.4) is 0 Å². The van der Waals surface area contributed by atoms with Crippen molar-refractivity contribution in [3.63, 3.8) is 0 Å². The van der Waals surface area contributed by atoms with Gasteiger partial charge in [-0.15, -0.1) is 0 Å². The molecular formula is C10H20O2. The number of methoxy groups -OCH3 is 2. The first-order valence-electron chi connectivity index (χ1n) is 4.54. The molecule has 0 heterocycles. The van der Waals surface area contributed by atoms with E-state index in [1.807, 2.05) is 0 Å². The molecule has 0 aromatic heterocycles. The monoisotopic (exact) mass is 172 g/mol. The van der Waals surface area contributed by atoms with Gasteiger partial charge >= 0.3 is 0 Å². The fourth-order valence-corrected chi connectivity index (χ4v) is 0.967. The van der Waals surface area contributed by atoms with Gasteiger partial charge in [0.15, 0.2) is 0 Å². The van der Waals surface area contributed by atoms with Crippen LogP contribution in [0.5, 0.6) is 0 Å². The average Bonchev–Trinajstić information content (AvgIpc) is 2.10. The highest BCUT2D eigenvalue weighted by Crippen LogP contribution is 2.00. The molecule has 0 aromatic rings. The molecule has 2 nitrogen and oxygen atoms in total. The van der Waals surface area contributed by atoms with Gasteiger partial charge in [-0.3, -0.25) is 0 Å². The number of allylic oxidation sites excluding steroid dienone is 1. The normalized spacial score (nSPS) is 11.2. The van der Waals surface area contributed by atoms with E-state index in [9.17, 15) is 0 Å². The van der Waals surface area contributed by atoms with Crippen molar-refractivity contribution in [3.05, 3.63) is 12.2 Å². The summed E-state index contributed by atoms with van der Waals surface area (Å²) in [6.45, 7) is 1.62. The van der Waals surface area contributed by atoms with Crippen LogP contribution >= 0.6 is 0 Å². The quantitative estimate of drug-likeness (QED) is 0.413. The molecule has 0 atom stereocenters. The Hall–Kier alpha value is -0.340. The van der Waals surface area contributed by atoms with E-state index in [2.05, 4.69) is 12.2 Å². The molecule has 0 spiro atoms. The van der Waals surface area contributed by atoms with Crippen LogP contribution in [0.4, 0.5) is 0 Å². The van der Waals surface area contributed by atoms with Gasteiger partial charge in [-0.05, 0) is 19.3 Å². The van der Waals surface area contributed by atoms with Crippen molar-refractivity contribution in [2.24, 2.45) is 0 Å². The predicted molar refractivity (Wildman–Crippen MR) is 51.4 cm³/mol. The molecule has 0 saturated carbocycles. The zero-order chi connectivity index (χ0) is 9.07. The molecule has 0 radical (unpaired) electrons. The van der Waals surface area contributed by atoms with Crippen molar-refractivity contribution in [2.45, 2.75) is 25.7 Å². The second-order valence-electron chi connectivity index (χ2n) is 2.77. The molecule has 12 heavy (non-hydrogen) atoms. The Morgan fingerprint density at radius 3 is 2.42 bits per heavy atom. The summed E-state index contributed by atoms with van der Waals surface area (Å²) in [5, 5.41) is 0. The lowest BCUT2D eigenvalue weighted by Gasteiger charge is -1.96. The number of unbranched alkanes of at least 4 members (excludes halogenated alkanes) is 3. The Kier molecular flexibility index (Phi) is 10.4. The summed E-state index contributed by atoms with van der Waals surface area (Å²) in [5.41, 5.74) is 0. The maximum atomic E-state index is 4.95. The largest absolute Gasteiger partial charge is 0.385 e. The molecule has 0 bridgehead atoms. The first kappa shape index (κ1) is 11.7. The lowest BCUT2D eigenvalue weighted by molar-refractivity contribution is 0.192. The summed E-state index contributed by atoms with van der Waals surface area (Å²) in [4.78, 5) is 0. The first-order valence-corrected chi connectivity index (χ1v) is 4.54. The van der Waals surface area contributed by atoms with E-state index < -0.39 is 0 Å². The van der Waals surface area contributed by atoms with Crippen LogP contribution in [-0.2, 0) is 9.47 Å². The van der Waals surface area contributed by atoms with E-state index in [1.165, 1.54) is 19.3 Å². The minimum absolute atomic E-state index is 0.734. The maximum Gasteiger partial charge on any atom is 0.0643 e. The lowest BCUT2D eigenvalue weighted by Crippen LogP contribution is -1.87. The van der Waals surface area contributed by atoms with Crippen LogP contribution in [0.1, 0.15) is 25.7 Å². The van der Waals surface area contributed by atoms with Gasteiger partial charge in [-0.2, -0.15) is 0 Å². The Labute approximate surface area is 75.6 Å². The molecule has 0 aliphatic heterocycles. The van der Waals surface area contributed by atoms with Gasteiger partial charge in [0.05, 0.1) is 6.61 Å². The zero-order valence-electron chi connectivity index (χ0n) is 8.21. The van der Waals surface area contributed by atoms with Crippen LogP contribution in [0.15, 0.2) is 12.2 Å². The van der Waals surface area contributed by atoms with E-state index in [1.54, 1.807) is 14.2 Å². The SMILES string of the molecule is COC/C=C/CCCCCOC. The van der Waals surface area contributed by atoms with Crippen molar-refractivity contribution in [1.29, 1.82) is 0 Å². The van der Waals surface area contributed by atoms with Crippen LogP contribution in [-0.4, -0.2) is 27.4 Å². The fourth-order valence-electron chi connectivity index (χ4n) is 0.967. The minimum Gasteiger partial charge on any atom is -0.385 e. The van der Waals surface area contributed by atoms with Gasteiger partial charge in [-0.25, -0.2) is 0 Å². The first-order chi connectivity index (χ1) is 5.91. The Morgan fingerprint density at radius 1 is 0.917 bits per heavy atom. The minimum atomic E-state index is 0.734. The van der Waals surface area contributed by atoms with Crippen LogP contribution < -0.4 is 0 Å². The molecule has 72 valence electrons. The smallest absolute Gasteiger partial charge is 0.0643 e. The lowest BCUT2D eigenvalue weighted by atomic mass is 10.2. The Bertz CT molecular complexity index is 100.